The molecule has 1 aliphatic rings. The van der Waals surface area contributed by atoms with Gasteiger partial charge in [0.15, 0.2) is 0 Å². The number of rotatable bonds is 14. The highest BCUT2D eigenvalue weighted by Crippen LogP contribution is 2.39. The zero-order chi connectivity index (χ0) is 20.3. The van der Waals surface area contributed by atoms with Crippen molar-refractivity contribution in [3.8, 4) is 0 Å². The van der Waals surface area contributed by atoms with E-state index in [9.17, 15) is 19.6 Å². The molecule has 154 valence electrons. The number of carbonyl (C=O) groups is 2. The number of ketones is 1. The van der Waals surface area contributed by atoms with Gasteiger partial charge in [-0.1, -0.05) is 43.5 Å². The van der Waals surface area contributed by atoms with Gasteiger partial charge < -0.3 is 10.2 Å². The molecule has 0 heterocycles. The highest BCUT2D eigenvalue weighted by molar-refractivity contribution is 5.84. The van der Waals surface area contributed by atoms with Crippen LogP contribution in [0.3, 0.4) is 0 Å². The van der Waals surface area contributed by atoms with Gasteiger partial charge >= 0.3 is 5.97 Å². The number of nitroso groups, excluding NO2 is 1. The third kappa shape index (κ3) is 8.78. The number of unbranched alkanes of at least 4 members (excludes halogenated alkanes) is 3. The van der Waals surface area contributed by atoms with Crippen LogP contribution < -0.4 is 0 Å². The van der Waals surface area contributed by atoms with E-state index in [0.717, 1.165) is 25.7 Å². The van der Waals surface area contributed by atoms with E-state index < -0.39 is 17.6 Å². The third-order valence-corrected chi connectivity index (χ3v) is 5.62. The van der Waals surface area contributed by atoms with Crippen LogP contribution in [0.5, 0.6) is 0 Å². The molecule has 0 spiro atoms. The average molecular weight is 382 g/mol. The highest BCUT2D eigenvalue weighted by Gasteiger charge is 2.43. The summed E-state index contributed by atoms with van der Waals surface area (Å²) in [7, 11) is 0. The molecule has 0 bridgehead atoms. The Kier molecular flexibility index (Phi) is 10.4. The van der Waals surface area contributed by atoms with Crippen LogP contribution in [0.15, 0.2) is 17.3 Å². The summed E-state index contributed by atoms with van der Waals surface area (Å²) in [6.07, 6.45) is 11.1. The van der Waals surface area contributed by atoms with E-state index in [0.29, 0.717) is 32.1 Å². The minimum atomic E-state index is -0.805. The largest absolute Gasteiger partial charge is 0.481 e. The molecule has 1 fully saturated rings. The third-order valence-electron chi connectivity index (χ3n) is 5.62. The lowest BCUT2D eigenvalue weighted by Gasteiger charge is -2.27. The molecule has 6 heteroatoms. The van der Waals surface area contributed by atoms with Crippen LogP contribution in [0.4, 0.5) is 0 Å². The lowest BCUT2D eigenvalue weighted by atomic mass is 9.82. The number of carbonyl (C=O) groups excluding carboxylic acids is 1. The number of Topliss-reactive ketones (excluding diaryl/α,β-unsaturated/α-hetero) is 1. The first-order valence-corrected chi connectivity index (χ1v) is 10.2. The normalized spacial score (nSPS) is 25.0. The number of aliphatic hydroxyl groups is 1. The SMILES string of the molecule is CCCCCC(C)(O)CCC1C(N=O)CC(=O)C1CC=CCCCC(=O)O. The second kappa shape index (κ2) is 12.0. The summed E-state index contributed by atoms with van der Waals surface area (Å²) in [5, 5.41) is 22.4. The predicted octanol–water partition coefficient (Wildman–Crippen LogP) is 4.64. The second-order valence-electron chi connectivity index (χ2n) is 8.10. The Bertz CT molecular complexity index is 515. The number of nitrogens with zero attached hydrogens (tertiary/aromatic N) is 1. The Hall–Kier alpha value is -1.56. The van der Waals surface area contributed by atoms with Crippen LogP contribution in [0, 0.1) is 16.7 Å². The zero-order valence-electron chi connectivity index (χ0n) is 16.7. The van der Waals surface area contributed by atoms with Gasteiger partial charge in [-0.3, -0.25) is 9.59 Å². The van der Waals surface area contributed by atoms with Crippen LogP contribution in [-0.2, 0) is 9.59 Å². The van der Waals surface area contributed by atoms with Gasteiger partial charge in [0.05, 0.1) is 5.60 Å². The Morgan fingerprint density at radius 2 is 2.00 bits per heavy atom. The van der Waals surface area contributed by atoms with Crippen molar-refractivity contribution in [3.63, 3.8) is 0 Å². The van der Waals surface area contributed by atoms with Crippen molar-refractivity contribution in [1.82, 2.24) is 0 Å². The van der Waals surface area contributed by atoms with Crippen molar-refractivity contribution >= 4 is 11.8 Å². The molecule has 0 aromatic rings. The lowest BCUT2D eigenvalue weighted by Crippen LogP contribution is -2.28. The molecule has 2 N–H and O–H groups in total. The molecule has 6 nitrogen and oxygen atoms in total. The maximum atomic E-state index is 12.3. The maximum Gasteiger partial charge on any atom is 0.303 e. The summed E-state index contributed by atoms with van der Waals surface area (Å²) >= 11 is 0. The van der Waals surface area contributed by atoms with Crippen molar-refractivity contribution in [2.75, 3.05) is 0 Å². The summed E-state index contributed by atoms with van der Waals surface area (Å²) in [6, 6.07) is -0.491. The number of carboxylic acids is 1. The molecular formula is C21H35NO5. The van der Waals surface area contributed by atoms with Crippen molar-refractivity contribution in [2.24, 2.45) is 17.0 Å². The first-order chi connectivity index (χ1) is 12.8. The number of aliphatic carboxylic acids is 1. The highest BCUT2D eigenvalue weighted by atomic mass is 16.4. The number of carboxylic acid groups (broad SMARTS) is 1. The van der Waals surface area contributed by atoms with Crippen LogP contribution in [0.2, 0.25) is 0 Å². The maximum absolute atomic E-state index is 12.3. The molecule has 0 radical (unpaired) electrons. The Morgan fingerprint density at radius 3 is 2.63 bits per heavy atom. The minimum Gasteiger partial charge on any atom is -0.481 e. The fourth-order valence-electron chi connectivity index (χ4n) is 3.92. The van der Waals surface area contributed by atoms with E-state index in [1.807, 2.05) is 19.1 Å². The molecule has 1 rings (SSSR count). The molecule has 4 atom stereocenters. The van der Waals surface area contributed by atoms with E-state index in [1.165, 1.54) is 0 Å². The fraction of sp³-hybridized carbons (Fsp3) is 0.810. The molecule has 0 aliphatic heterocycles. The number of allylic oxidation sites excluding steroid dienone is 2. The predicted molar refractivity (Wildman–Crippen MR) is 105 cm³/mol. The van der Waals surface area contributed by atoms with Crippen molar-refractivity contribution in [1.29, 1.82) is 0 Å². The molecule has 1 aliphatic carbocycles. The van der Waals surface area contributed by atoms with E-state index in [2.05, 4.69) is 12.1 Å². The molecule has 1 saturated carbocycles. The van der Waals surface area contributed by atoms with Gasteiger partial charge in [0.25, 0.3) is 0 Å². The standard InChI is InChI=1S/C21H35NO5/c1-3-4-9-13-21(2,26)14-12-16-17(19(23)15-18(16)22-27)10-7-5-6-8-11-20(24)25/h5,7,16-18,26H,3-4,6,8-15H2,1-2H3,(H,24,25). The van der Waals surface area contributed by atoms with E-state index in [-0.39, 0.29) is 30.5 Å². The van der Waals surface area contributed by atoms with Crippen molar-refractivity contribution < 1.29 is 19.8 Å². The van der Waals surface area contributed by atoms with Gasteiger partial charge in [0.1, 0.15) is 11.8 Å². The smallest absolute Gasteiger partial charge is 0.303 e. The van der Waals surface area contributed by atoms with E-state index in [1.54, 1.807) is 0 Å². The Morgan fingerprint density at radius 1 is 1.26 bits per heavy atom. The van der Waals surface area contributed by atoms with Gasteiger partial charge in [-0.15, -0.1) is 0 Å². The molecule has 0 saturated heterocycles. The topological polar surface area (TPSA) is 104 Å². The molecular weight excluding hydrogens is 346 g/mol. The Labute approximate surface area is 162 Å². The van der Waals surface area contributed by atoms with Gasteiger partial charge in [0.2, 0.25) is 0 Å². The summed E-state index contributed by atoms with van der Waals surface area (Å²) < 4.78 is 0. The summed E-state index contributed by atoms with van der Waals surface area (Å²) in [5.41, 5.74) is -0.772. The molecule has 27 heavy (non-hydrogen) atoms. The monoisotopic (exact) mass is 381 g/mol. The van der Waals surface area contributed by atoms with Crippen LogP contribution >= 0.6 is 0 Å². The first kappa shape index (κ1) is 23.5. The summed E-state index contributed by atoms with van der Waals surface area (Å²) in [4.78, 5) is 34.0. The van der Waals surface area contributed by atoms with Gasteiger partial charge in [-0.25, -0.2) is 0 Å². The second-order valence-corrected chi connectivity index (χ2v) is 8.10. The van der Waals surface area contributed by atoms with Crippen molar-refractivity contribution in [3.05, 3.63) is 17.1 Å². The van der Waals surface area contributed by atoms with Crippen LogP contribution in [0.1, 0.15) is 84.5 Å². The fourth-order valence-corrected chi connectivity index (χ4v) is 3.92. The summed E-state index contributed by atoms with van der Waals surface area (Å²) in [5.74, 6) is -1.07. The minimum absolute atomic E-state index is 0.0745. The Balaban J connectivity index is 2.56. The quantitative estimate of drug-likeness (QED) is 0.259. The summed E-state index contributed by atoms with van der Waals surface area (Å²) in [6.45, 7) is 3.96. The van der Waals surface area contributed by atoms with Gasteiger partial charge in [-0.2, -0.15) is 4.91 Å². The number of hydrogen-bond donors (Lipinski definition) is 2. The van der Waals surface area contributed by atoms with Crippen LogP contribution in [0.25, 0.3) is 0 Å². The van der Waals surface area contributed by atoms with Crippen LogP contribution in [-0.4, -0.2) is 33.6 Å². The molecule has 4 unspecified atom stereocenters. The lowest BCUT2D eigenvalue weighted by molar-refractivity contribution is -0.137. The van der Waals surface area contributed by atoms with Gasteiger partial charge in [-0.05, 0) is 51.4 Å². The van der Waals surface area contributed by atoms with E-state index >= 15 is 0 Å². The average Bonchev–Trinajstić information content (AvgIpc) is 2.91. The molecule has 0 aromatic carbocycles. The molecule has 0 amide bonds. The number of hydrogen-bond acceptors (Lipinski definition) is 5. The van der Waals surface area contributed by atoms with Crippen molar-refractivity contribution in [2.45, 2.75) is 96.1 Å². The first-order valence-electron chi connectivity index (χ1n) is 10.2. The van der Waals surface area contributed by atoms with Gasteiger partial charge in [0, 0.05) is 18.8 Å². The van der Waals surface area contributed by atoms with E-state index in [4.69, 9.17) is 5.11 Å². The molecule has 0 aromatic heterocycles. The zero-order valence-corrected chi connectivity index (χ0v) is 16.7.